The van der Waals surface area contributed by atoms with E-state index in [9.17, 15) is 9.59 Å². The Balaban J connectivity index is 1.70. The molecule has 1 aliphatic heterocycles. The summed E-state index contributed by atoms with van der Waals surface area (Å²) in [5.41, 5.74) is 7.37. The number of fused-ring (bicyclic) bond motifs is 4. The topological polar surface area (TPSA) is 49.4 Å². The van der Waals surface area contributed by atoms with Crippen molar-refractivity contribution in [1.29, 1.82) is 0 Å². The number of carbonyl (C=O) groups excluding carboxylic acids is 2. The van der Waals surface area contributed by atoms with E-state index < -0.39 is 0 Å². The maximum Gasteiger partial charge on any atom is 0.229 e. The zero-order valence-electron chi connectivity index (χ0n) is 15.6. The number of allylic oxidation sites excluding steroid dienone is 2. The first kappa shape index (κ1) is 17.5. The fourth-order valence-electron chi connectivity index (χ4n) is 3.93. The molecule has 0 fully saturated rings. The van der Waals surface area contributed by atoms with Gasteiger partial charge in [0.2, 0.25) is 11.8 Å². The van der Waals surface area contributed by atoms with E-state index in [0.29, 0.717) is 25.9 Å². The first-order valence-corrected chi connectivity index (χ1v) is 9.65. The molecule has 0 radical (unpaired) electrons. The third kappa shape index (κ3) is 3.27. The van der Waals surface area contributed by atoms with E-state index in [1.807, 2.05) is 36.1 Å². The van der Waals surface area contributed by atoms with Crippen LogP contribution in [0, 0.1) is 0 Å². The molecule has 0 aromatic heterocycles. The van der Waals surface area contributed by atoms with E-state index in [1.54, 1.807) is 0 Å². The van der Waals surface area contributed by atoms with Crippen LogP contribution in [0.3, 0.4) is 0 Å². The van der Waals surface area contributed by atoms with E-state index in [0.717, 1.165) is 18.5 Å². The van der Waals surface area contributed by atoms with Gasteiger partial charge in [-0.3, -0.25) is 9.59 Å². The zero-order valence-corrected chi connectivity index (χ0v) is 15.6. The van der Waals surface area contributed by atoms with Gasteiger partial charge in [0, 0.05) is 24.9 Å². The van der Waals surface area contributed by atoms with E-state index in [-0.39, 0.29) is 11.8 Å². The molecule has 2 aromatic rings. The molecule has 2 aliphatic rings. The quantitative estimate of drug-likeness (QED) is 0.890. The van der Waals surface area contributed by atoms with Crippen LogP contribution < -0.4 is 10.2 Å². The molecule has 0 saturated heterocycles. The minimum Gasteiger partial charge on any atom is -0.356 e. The van der Waals surface area contributed by atoms with Gasteiger partial charge in [-0.2, -0.15) is 0 Å². The Morgan fingerprint density at radius 2 is 1.63 bits per heavy atom. The van der Waals surface area contributed by atoms with Crippen LogP contribution in [0.4, 0.5) is 5.69 Å². The molecule has 0 unspecified atom stereocenters. The summed E-state index contributed by atoms with van der Waals surface area (Å²) in [4.78, 5) is 26.4. The lowest BCUT2D eigenvalue weighted by Crippen LogP contribution is -2.35. The summed E-state index contributed by atoms with van der Waals surface area (Å²) >= 11 is 0. The molecule has 1 aliphatic carbocycles. The normalized spacial score (nSPS) is 14.9. The number of nitrogens with one attached hydrogen (secondary N) is 1. The summed E-state index contributed by atoms with van der Waals surface area (Å²) in [6.45, 7) is 2.75. The maximum atomic E-state index is 13.1. The van der Waals surface area contributed by atoms with Gasteiger partial charge in [0.15, 0.2) is 0 Å². The first-order valence-electron chi connectivity index (χ1n) is 9.65. The molecule has 27 heavy (non-hydrogen) atoms. The highest BCUT2D eigenvalue weighted by Gasteiger charge is 2.29. The highest BCUT2D eigenvalue weighted by molar-refractivity contribution is 6.05. The summed E-state index contributed by atoms with van der Waals surface area (Å²) in [6, 6.07) is 16.6. The third-order valence-electron chi connectivity index (χ3n) is 5.46. The number of para-hydroxylation sites is 1. The molecule has 0 saturated carbocycles. The Morgan fingerprint density at radius 3 is 2.37 bits per heavy atom. The van der Waals surface area contributed by atoms with Crippen molar-refractivity contribution >= 4 is 28.6 Å². The SMILES string of the molecule is CCC(=O)NCCC(=O)N1Cc2ccccc2C2=C(CC2)c2ccccc21. The Kier molecular flexibility index (Phi) is 4.80. The molecule has 4 heteroatoms. The van der Waals surface area contributed by atoms with Crippen molar-refractivity contribution in [2.24, 2.45) is 0 Å². The van der Waals surface area contributed by atoms with Crippen molar-refractivity contribution in [2.75, 3.05) is 11.4 Å². The van der Waals surface area contributed by atoms with Crippen molar-refractivity contribution < 1.29 is 9.59 Å². The number of nitrogens with zero attached hydrogens (tertiary/aromatic N) is 1. The average Bonchev–Trinajstić information content (AvgIpc) is 2.66. The molecule has 1 N–H and O–H groups in total. The van der Waals surface area contributed by atoms with E-state index in [1.165, 1.54) is 27.8 Å². The number of rotatable bonds is 4. The lowest BCUT2D eigenvalue weighted by atomic mass is 9.77. The van der Waals surface area contributed by atoms with Crippen LogP contribution in [-0.4, -0.2) is 18.4 Å². The fourth-order valence-corrected chi connectivity index (χ4v) is 3.93. The average molecular weight is 360 g/mol. The number of hydrogen-bond donors (Lipinski definition) is 1. The van der Waals surface area contributed by atoms with Crippen molar-refractivity contribution in [3.8, 4) is 0 Å². The number of benzene rings is 2. The molecule has 2 aromatic carbocycles. The van der Waals surface area contributed by atoms with Crippen LogP contribution >= 0.6 is 0 Å². The molecule has 4 nitrogen and oxygen atoms in total. The minimum atomic E-state index is -0.0227. The number of hydrogen-bond acceptors (Lipinski definition) is 2. The van der Waals surface area contributed by atoms with Gasteiger partial charge in [0.25, 0.3) is 0 Å². The molecular weight excluding hydrogens is 336 g/mol. The van der Waals surface area contributed by atoms with Crippen molar-refractivity contribution in [3.63, 3.8) is 0 Å². The summed E-state index contributed by atoms with van der Waals surface area (Å²) < 4.78 is 0. The zero-order chi connectivity index (χ0) is 18.8. The molecule has 2 amide bonds. The Morgan fingerprint density at radius 1 is 0.963 bits per heavy atom. The van der Waals surface area contributed by atoms with Crippen LogP contribution in [0.5, 0.6) is 0 Å². The maximum absolute atomic E-state index is 13.1. The standard InChI is InChI=1S/C23H24N2O2/c1-2-22(26)24-14-13-23(27)25-15-16-7-3-4-8-17(16)18-11-12-19(18)20-9-5-6-10-21(20)25/h3-10H,2,11-15H2,1H3,(H,24,26). The van der Waals surface area contributed by atoms with Gasteiger partial charge in [-0.1, -0.05) is 49.4 Å². The van der Waals surface area contributed by atoms with Gasteiger partial charge < -0.3 is 10.2 Å². The monoisotopic (exact) mass is 360 g/mol. The summed E-state index contributed by atoms with van der Waals surface area (Å²) in [5.74, 6) is 0.0162. The number of anilines is 1. The first-order chi connectivity index (χ1) is 13.2. The smallest absolute Gasteiger partial charge is 0.229 e. The van der Waals surface area contributed by atoms with Gasteiger partial charge in [-0.25, -0.2) is 0 Å². The second-order valence-electron chi connectivity index (χ2n) is 7.06. The van der Waals surface area contributed by atoms with E-state index in [4.69, 9.17) is 0 Å². The lowest BCUT2D eigenvalue weighted by molar-refractivity contribution is -0.121. The fraction of sp³-hybridized carbons (Fsp3) is 0.304. The van der Waals surface area contributed by atoms with Crippen LogP contribution in [-0.2, 0) is 16.1 Å². The van der Waals surface area contributed by atoms with Gasteiger partial charge in [-0.05, 0) is 41.2 Å². The highest BCUT2D eigenvalue weighted by atomic mass is 16.2. The van der Waals surface area contributed by atoms with Crippen molar-refractivity contribution in [1.82, 2.24) is 5.32 Å². The largest absolute Gasteiger partial charge is 0.356 e. The second kappa shape index (κ2) is 7.39. The van der Waals surface area contributed by atoms with Crippen LogP contribution in [0.15, 0.2) is 48.5 Å². The van der Waals surface area contributed by atoms with Crippen molar-refractivity contribution in [3.05, 3.63) is 65.2 Å². The summed E-state index contributed by atoms with van der Waals surface area (Å²) in [5, 5.41) is 2.80. The molecule has 0 atom stereocenters. The third-order valence-corrected chi connectivity index (χ3v) is 5.46. The molecule has 1 heterocycles. The van der Waals surface area contributed by atoms with E-state index >= 15 is 0 Å². The minimum absolute atomic E-state index is 0.0227. The van der Waals surface area contributed by atoms with Gasteiger partial charge >= 0.3 is 0 Å². The number of carbonyl (C=O) groups is 2. The Bertz CT molecular complexity index is 929. The molecule has 0 spiro atoms. The van der Waals surface area contributed by atoms with Gasteiger partial charge in [0.1, 0.15) is 0 Å². The second-order valence-corrected chi connectivity index (χ2v) is 7.06. The molecule has 138 valence electrons. The Hall–Kier alpha value is -2.88. The van der Waals surface area contributed by atoms with Gasteiger partial charge in [-0.15, -0.1) is 0 Å². The van der Waals surface area contributed by atoms with E-state index in [2.05, 4.69) is 29.6 Å². The summed E-state index contributed by atoms with van der Waals surface area (Å²) in [7, 11) is 0. The molecule has 4 rings (SSSR count). The van der Waals surface area contributed by atoms with Crippen LogP contribution in [0.1, 0.15) is 49.3 Å². The van der Waals surface area contributed by atoms with Crippen molar-refractivity contribution in [2.45, 2.75) is 39.2 Å². The molecular formula is C23H24N2O2. The predicted octanol–water partition coefficient (Wildman–Crippen LogP) is 4.15. The lowest BCUT2D eigenvalue weighted by Gasteiger charge is -2.35. The van der Waals surface area contributed by atoms with Crippen LogP contribution in [0.2, 0.25) is 0 Å². The van der Waals surface area contributed by atoms with Crippen LogP contribution in [0.25, 0.3) is 11.1 Å². The number of amides is 2. The van der Waals surface area contributed by atoms with Gasteiger partial charge in [0.05, 0.1) is 12.2 Å². The summed E-state index contributed by atoms with van der Waals surface area (Å²) in [6.07, 6.45) is 2.88. The molecule has 0 bridgehead atoms. The Labute approximate surface area is 159 Å². The predicted molar refractivity (Wildman–Crippen MR) is 108 cm³/mol. The highest BCUT2D eigenvalue weighted by Crippen LogP contribution is 2.47.